The van der Waals surface area contributed by atoms with Gasteiger partial charge in [-0.1, -0.05) is 62.8 Å². The number of unbranched alkanes of at least 4 members (excludes halogenated alkanes) is 2. The molecule has 4 rings (SSSR count). The van der Waals surface area contributed by atoms with Gasteiger partial charge < -0.3 is 45.1 Å². The van der Waals surface area contributed by atoms with Crippen molar-refractivity contribution in [2.24, 2.45) is 11.8 Å². The molecule has 2 unspecified atom stereocenters. The molecule has 0 bridgehead atoms. The van der Waals surface area contributed by atoms with Crippen LogP contribution in [0.25, 0.3) is 6.08 Å². The van der Waals surface area contributed by atoms with Crippen molar-refractivity contribution < 1.29 is 47.9 Å². The van der Waals surface area contributed by atoms with Gasteiger partial charge in [0.05, 0.1) is 11.6 Å². The Bertz CT molecular complexity index is 1590. The monoisotopic (exact) mass is 756 g/mol. The van der Waals surface area contributed by atoms with E-state index in [1.54, 1.807) is 12.2 Å². The molecule has 0 spiro atoms. The molecule has 1 aliphatic carbocycles. The number of hydrogen-bond donors (Lipinski definition) is 6. The SMILES string of the molecule is CC(C)[C@@H]1C[C@@]1(NC(=O)C(/C=C/c1ccccc1)NC(=O)c1cnccn1)B1OCCCN(CCCCCC(=O)NC(C(=O)O)P(=O)(O)O)CCCO1. The van der Waals surface area contributed by atoms with E-state index in [0.29, 0.717) is 45.3 Å². The van der Waals surface area contributed by atoms with E-state index in [-0.39, 0.29) is 24.0 Å². The zero-order valence-corrected chi connectivity index (χ0v) is 31.0. The van der Waals surface area contributed by atoms with Crippen LogP contribution in [-0.4, -0.2) is 111 Å². The number of rotatable bonds is 17. The van der Waals surface area contributed by atoms with Crippen LogP contribution in [0.4, 0.5) is 0 Å². The van der Waals surface area contributed by atoms with Crippen LogP contribution in [0.3, 0.4) is 0 Å². The molecule has 1 aromatic heterocycles. The van der Waals surface area contributed by atoms with E-state index in [1.807, 2.05) is 35.6 Å². The van der Waals surface area contributed by atoms with Crippen LogP contribution in [0.2, 0.25) is 0 Å². The van der Waals surface area contributed by atoms with Crippen molar-refractivity contribution in [1.82, 2.24) is 30.8 Å². The van der Waals surface area contributed by atoms with Crippen molar-refractivity contribution >= 4 is 44.5 Å². The Balaban J connectivity index is 1.31. The summed E-state index contributed by atoms with van der Waals surface area (Å²) >= 11 is 0. The van der Waals surface area contributed by atoms with Gasteiger partial charge in [-0.2, -0.15) is 0 Å². The highest BCUT2D eigenvalue weighted by molar-refractivity contribution is 7.53. The maximum atomic E-state index is 14.0. The minimum Gasteiger partial charge on any atom is -0.479 e. The number of carbonyl (C=O) groups excluding carboxylic acids is 3. The topological polar surface area (TPSA) is 230 Å². The largest absolute Gasteiger partial charge is 0.484 e. The molecule has 2 aliphatic rings. The van der Waals surface area contributed by atoms with Crippen molar-refractivity contribution in [2.75, 3.05) is 32.8 Å². The smallest absolute Gasteiger partial charge is 0.479 e. The van der Waals surface area contributed by atoms with Crippen LogP contribution in [0.5, 0.6) is 0 Å². The maximum Gasteiger partial charge on any atom is 0.484 e. The lowest BCUT2D eigenvalue weighted by molar-refractivity contribution is -0.139. The number of carbonyl (C=O) groups is 4. The number of carboxylic acids is 1. The summed E-state index contributed by atoms with van der Waals surface area (Å²) in [5, 5.41) is 16.9. The Hall–Kier alpha value is -3.99. The van der Waals surface area contributed by atoms with E-state index in [9.17, 15) is 23.7 Å². The van der Waals surface area contributed by atoms with Crippen LogP contribution in [0, 0.1) is 11.8 Å². The summed E-state index contributed by atoms with van der Waals surface area (Å²) in [6.45, 7) is 7.29. The van der Waals surface area contributed by atoms with Gasteiger partial charge in [0, 0.05) is 45.1 Å². The number of carboxylic acid groups (broad SMARTS) is 1. The van der Waals surface area contributed by atoms with E-state index < -0.39 is 55.7 Å². The first kappa shape index (κ1) is 41.8. The molecule has 288 valence electrons. The third kappa shape index (κ3) is 12.8. The Morgan fingerprint density at radius 1 is 1.04 bits per heavy atom. The average Bonchev–Trinajstić information content (AvgIpc) is 3.86. The molecule has 53 heavy (non-hydrogen) atoms. The molecule has 1 aliphatic heterocycles. The second-order valence-corrected chi connectivity index (χ2v) is 15.4. The first-order chi connectivity index (χ1) is 25.3. The van der Waals surface area contributed by atoms with E-state index in [2.05, 4.69) is 39.3 Å². The van der Waals surface area contributed by atoms with Crippen molar-refractivity contribution in [3.63, 3.8) is 0 Å². The number of nitrogens with zero attached hydrogens (tertiary/aromatic N) is 3. The highest BCUT2D eigenvalue weighted by Gasteiger charge is 2.66. The highest BCUT2D eigenvalue weighted by atomic mass is 31.2. The van der Waals surface area contributed by atoms with Crippen molar-refractivity contribution in [1.29, 1.82) is 0 Å². The number of hydrogen-bond acceptors (Lipinski definition) is 10. The first-order valence-corrected chi connectivity index (χ1v) is 19.6. The summed E-state index contributed by atoms with van der Waals surface area (Å²) in [6, 6.07) is 8.46. The van der Waals surface area contributed by atoms with Gasteiger partial charge >= 0.3 is 20.7 Å². The van der Waals surface area contributed by atoms with Crippen molar-refractivity contribution in [3.05, 3.63) is 66.3 Å². The van der Waals surface area contributed by atoms with Crippen LogP contribution >= 0.6 is 7.60 Å². The van der Waals surface area contributed by atoms with E-state index in [1.165, 1.54) is 18.6 Å². The van der Waals surface area contributed by atoms with Crippen LogP contribution in [0.1, 0.15) is 74.8 Å². The molecule has 18 heteroatoms. The van der Waals surface area contributed by atoms with Crippen LogP contribution in [-0.2, 0) is 28.3 Å². The number of aromatic nitrogens is 2. The number of amides is 3. The zero-order valence-electron chi connectivity index (χ0n) is 30.1. The molecule has 6 N–H and O–H groups in total. The Morgan fingerprint density at radius 3 is 2.32 bits per heavy atom. The second-order valence-electron chi connectivity index (χ2n) is 13.7. The fourth-order valence-electron chi connectivity index (χ4n) is 6.47. The molecular formula is C35H50BN6O10P. The lowest BCUT2D eigenvalue weighted by Gasteiger charge is -2.30. The summed E-state index contributed by atoms with van der Waals surface area (Å²) in [6.07, 6.45) is 11.6. The Labute approximate surface area is 309 Å². The molecule has 2 heterocycles. The summed E-state index contributed by atoms with van der Waals surface area (Å²) < 4.78 is 24.0. The Kier molecular flexibility index (Phi) is 15.7. The summed E-state index contributed by atoms with van der Waals surface area (Å²) in [5.74, 6) is -5.36. The van der Waals surface area contributed by atoms with Gasteiger partial charge in [0.1, 0.15) is 11.7 Å². The van der Waals surface area contributed by atoms with E-state index >= 15 is 0 Å². The molecular weight excluding hydrogens is 706 g/mol. The van der Waals surface area contributed by atoms with Gasteiger partial charge in [-0.15, -0.1) is 0 Å². The summed E-state index contributed by atoms with van der Waals surface area (Å²) in [5.41, 5.74) is 0.182. The van der Waals surface area contributed by atoms with E-state index in [0.717, 1.165) is 31.6 Å². The van der Waals surface area contributed by atoms with Crippen molar-refractivity contribution in [3.8, 4) is 0 Å². The lowest BCUT2D eigenvalue weighted by atomic mass is 9.71. The Morgan fingerprint density at radius 2 is 1.74 bits per heavy atom. The standard InChI is InChI=1S/C35H50BN6O10P/c1-25(2)27-23-35(27,41-32(45)28(15-14-26-11-5-3-6-12-26)39-31(44)29-24-37-16-17-38-29)36-51-21-9-19-42(20-10-22-52-36)18-8-4-7-13-30(43)40-33(34(46)47)53(48,49)50/h3,5-6,11-12,14-17,24-25,27-28,33H,4,7-10,13,18-23H2,1-2H3,(H,39,44)(H,40,43)(H,41,45)(H,46,47)(H2,48,49,50)/b15-14+/t27-,28?,33?,35-/m0/s1. The zero-order chi connectivity index (χ0) is 38.4. The van der Waals surface area contributed by atoms with Crippen LogP contribution in [0.15, 0.2) is 55.0 Å². The van der Waals surface area contributed by atoms with Gasteiger partial charge in [0.2, 0.25) is 17.6 Å². The maximum absolute atomic E-state index is 14.0. The molecule has 0 radical (unpaired) electrons. The van der Waals surface area contributed by atoms with Crippen LogP contribution < -0.4 is 16.0 Å². The molecule has 3 amide bonds. The quantitative estimate of drug-likeness (QED) is 0.0774. The molecule has 2 fully saturated rings. The predicted molar refractivity (Wildman–Crippen MR) is 196 cm³/mol. The molecule has 2 aromatic rings. The van der Waals surface area contributed by atoms with Gasteiger partial charge in [-0.05, 0) is 56.0 Å². The van der Waals surface area contributed by atoms with Gasteiger partial charge in [-0.25, -0.2) is 9.78 Å². The van der Waals surface area contributed by atoms with Gasteiger partial charge in [-0.3, -0.25) is 23.9 Å². The first-order valence-electron chi connectivity index (χ1n) is 17.9. The fourth-order valence-corrected chi connectivity index (χ4v) is 7.07. The predicted octanol–water partition coefficient (Wildman–Crippen LogP) is 2.24. The van der Waals surface area contributed by atoms with Crippen molar-refractivity contribution in [2.45, 2.75) is 76.1 Å². The normalized spacial score (nSPS) is 21.1. The third-order valence-electron chi connectivity index (χ3n) is 9.31. The third-order valence-corrected chi connectivity index (χ3v) is 10.3. The molecule has 1 aromatic carbocycles. The number of nitrogens with one attached hydrogen (secondary N) is 3. The minimum absolute atomic E-state index is 0.0410. The molecule has 16 nitrogen and oxygen atoms in total. The van der Waals surface area contributed by atoms with Gasteiger partial charge in [0.15, 0.2) is 0 Å². The number of aliphatic carboxylic acids is 1. The van der Waals surface area contributed by atoms with E-state index in [4.69, 9.17) is 24.2 Å². The average molecular weight is 757 g/mol. The molecule has 4 atom stereocenters. The minimum atomic E-state index is -5.02. The molecule has 1 saturated heterocycles. The molecule has 1 saturated carbocycles. The second kappa shape index (κ2) is 19.9. The lowest BCUT2D eigenvalue weighted by Crippen LogP contribution is -2.58. The highest BCUT2D eigenvalue weighted by Crippen LogP contribution is 2.50. The van der Waals surface area contributed by atoms with Gasteiger partial charge in [0.25, 0.3) is 5.91 Å². The number of benzene rings is 1. The summed E-state index contributed by atoms with van der Waals surface area (Å²) in [4.78, 5) is 78.8. The fraction of sp³-hybridized carbons (Fsp3) is 0.543. The summed E-state index contributed by atoms with van der Waals surface area (Å²) in [7, 11) is -5.70.